The lowest BCUT2D eigenvalue weighted by Crippen LogP contribution is -2.26. The molecule has 0 saturated carbocycles. The van der Waals surface area contributed by atoms with Crippen LogP contribution < -0.4 is 10.9 Å². The van der Waals surface area contributed by atoms with E-state index in [2.05, 4.69) is 5.10 Å². The van der Waals surface area contributed by atoms with E-state index in [1.54, 1.807) is 6.92 Å². The third-order valence-electron chi connectivity index (χ3n) is 2.28. The highest BCUT2D eigenvalue weighted by molar-refractivity contribution is 6.32. The molecule has 0 aliphatic rings. The second kappa shape index (κ2) is 3.01. The highest BCUT2D eigenvalue weighted by Crippen LogP contribution is 2.18. The first-order valence-corrected chi connectivity index (χ1v) is 4.23. The number of carbonyl (C=O) groups excluding carboxylic acids is 1. The molecule has 0 saturated heterocycles. The van der Waals surface area contributed by atoms with Gasteiger partial charge in [0.2, 0.25) is 5.43 Å². The Morgan fingerprint density at radius 3 is 2.87 bits per heavy atom. The molecule has 0 aromatic carbocycles. The molecule has 5 nitrogen and oxygen atoms in total. The van der Waals surface area contributed by atoms with Crippen molar-refractivity contribution in [1.29, 1.82) is 0 Å². The summed E-state index contributed by atoms with van der Waals surface area (Å²) in [7, 11) is 5.39. The standard InChI is InChI=1S/C9H7BN2O3/c1-4-5(3-13)7-9(15)8(14)6(10)2-12(7)11-4/h2-3,11,15H,1H3. The molecule has 0 atom stereocenters. The summed E-state index contributed by atoms with van der Waals surface area (Å²) in [6, 6.07) is 0. The van der Waals surface area contributed by atoms with E-state index >= 15 is 0 Å². The lowest BCUT2D eigenvalue weighted by molar-refractivity contribution is 0.112. The van der Waals surface area contributed by atoms with E-state index in [-0.39, 0.29) is 16.5 Å². The van der Waals surface area contributed by atoms with E-state index in [0.717, 1.165) is 0 Å². The Balaban J connectivity index is 3.07. The van der Waals surface area contributed by atoms with Crippen LogP contribution in [0.25, 0.3) is 5.52 Å². The summed E-state index contributed by atoms with van der Waals surface area (Å²) >= 11 is 0. The molecule has 0 spiro atoms. The molecule has 0 aliphatic heterocycles. The summed E-state index contributed by atoms with van der Waals surface area (Å²) in [6.45, 7) is 1.66. The third kappa shape index (κ3) is 1.18. The zero-order chi connectivity index (χ0) is 11.2. The number of hydrogen-bond acceptors (Lipinski definition) is 3. The van der Waals surface area contributed by atoms with Crippen molar-refractivity contribution in [2.45, 2.75) is 6.92 Å². The van der Waals surface area contributed by atoms with Crippen molar-refractivity contribution in [2.24, 2.45) is 0 Å². The maximum Gasteiger partial charge on any atom is 0.216 e. The van der Waals surface area contributed by atoms with Gasteiger partial charge in [-0.25, -0.2) is 0 Å². The summed E-state index contributed by atoms with van der Waals surface area (Å²) in [5, 5.41) is 12.4. The first-order valence-electron chi connectivity index (χ1n) is 4.23. The van der Waals surface area contributed by atoms with E-state index in [1.807, 2.05) is 0 Å². The minimum Gasteiger partial charge on any atom is -0.503 e. The molecule has 2 rings (SSSR count). The van der Waals surface area contributed by atoms with Crippen molar-refractivity contribution in [3.63, 3.8) is 0 Å². The summed E-state index contributed by atoms with van der Waals surface area (Å²) < 4.78 is 1.35. The van der Waals surface area contributed by atoms with Crippen molar-refractivity contribution >= 4 is 25.1 Å². The fourth-order valence-electron chi connectivity index (χ4n) is 1.53. The van der Waals surface area contributed by atoms with E-state index in [4.69, 9.17) is 7.85 Å². The number of pyridine rings is 1. The number of nitrogens with one attached hydrogen (secondary N) is 1. The summed E-state index contributed by atoms with van der Waals surface area (Å²) in [5.74, 6) is -0.513. The van der Waals surface area contributed by atoms with Gasteiger partial charge in [-0.1, -0.05) is 0 Å². The van der Waals surface area contributed by atoms with Gasteiger partial charge in [-0.2, -0.15) is 0 Å². The van der Waals surface area contributed by atoms with Crippen molar-refractivity contribution in [2.75, 3.05) is 0 Å². The topological polar surface area (TPSA) is 74.6 Å². The van der Waals surface area contributed by atoms with Crippen LogP contribution >= 0.6 is 0 Å². The fraction of sp³-hybridized carbons (Fsp3) is 0.111. The monoisotopic (exact) mass is 202 g/mol. The molecular formula is C9H7BN2O3. The highest BCUT2D eigenvalue weighted by atomic mass is 16.3. The number of hydrogen-bond donors (Lipinski definition) is 2. The van der Waals surface area contributed by atoms with Gasteiger partial charge < -0.3 is 5.11 Å². The lowest BCUT2D eigenvalue weighted by atomic mass is 9.97. The SMILES string of the molecule is [B]c1cn2[nH]c(C)c(C=O)c2c(O)c1=O. The average Bonchev–Trinajstić information content (AvgIpc) is 2.50. The molecule has 0 bridgehead atoms. The highest BCUT2D eigenvalue weighted by Gasteiger charge is 2.14. The predicted octanol–water partition coefficient (Wildman–Crippen LogP) is -0.752. The van der Waals surface area contributed by atoms with Crippen LogP contribution in [0.1, 0.15) is 16.1 Å². The summed E-state index contributed by atoms with van der Waals surface area (Å²) in [6.07, 6.45) is 1.91. The number of H-pyrrole nitrogens is 1. The number of aromatic amines is 1. The maximum atomic E-state index is 11.3. The van der Waals surface area contributed by atoms with Gasteiger partial charge in [0.1, 0.15) is 13.4 Å². The van der Waals surface area contributed by atoms with Gasteiger partial charge in [-0.05, 0) is 12.4 Å². The predicted molar refractivity (Wildman–Crippen MR) is 55.2 cm³/mol. The quantitative estimate of drug-likeness (QED) is 0.471. The number of aldehydes is 1. The molecule has 0 amide bonds. The summed E-state index contributed by atoms with van der Waals surface area (Å²) in [5.41, 5.74) is 0.220. The molecule has 2 heterocycles. The normalized spacial score (nSPS) is 10.7. The second-order valence-electron chi connectivity index (χ2n) is 3.25. The number of aryl methyl sites for hydroxylation is 1. The van der Waals surface area contributed by atoms with Gasteiger partial charge in [-0.15, -0.1) is 0 Å². The zero-order valence-electron chi connectivity index (χ0n) is 7.94. The molecule has 0 aliphatic carbocycles. The first-order chi connectivity index (χ1) is 7.06. The van der Waals surface area contributed by atoms with E-state index in [9.17, 15) is 14.7 Å². The molecule has 0 fully saturated rings. The maximum absolute atomic E-state index is 11.3. The Morgan fingerprint density at radius 1 is 1.60 bits per heavy atom. The molecule has 2 N–H and O–H groups in total. The van der Waals surface area contributed by atoms with E-state index in [1.165, 1.54) is 10.7 Å². The molecule has 6 heteroatoms. The van der Waals surface area contributed by atoms with Gasteiger partial charge in [0, 0.05) is 11.9 Å². The van der Waals surface area contributed by atoms with Crippen LogP contribution in [0.4, 0.5) is 0 Å². The second-order valence-corrected chi connectivity index (χ2v) is 3.25. The molecule has 2 radical (unpaired) electrons. The van der Waals surface area contributed by atoms with Gasteiger partial charge in [0.15, 0.2) is 12.0 Å². The Bertz CT molecular complexity index is 612. The van der Waals surface area contributed by atoms with Crippen LogP contribution in [-0.4, -0.2) is 28.9 Å². The van der Waals surface area contributed by atoms with E-state index in [0.29, 0.717) is 12.0 Å². The molecule has 2 aromatic rings. The molecule has 0 unspecified atom stereocenters. The van der Waals surface area contributed by atoms with Gasteiger partial charge >= 0.3 is 0 Å². The van der Waals surface area contributed by atoms with Crippen LogP contribution in [0.5, 0.6) is 5.75 Å². The van der Waals surface area contributed by atoms with Crippen molar-refractivity contribution in [3.05, 3.63) is 27.7 Å². The largest absolute Gasteiger partial charge is 0.503 e. The smallest absolute Gasteiger partial charge is 0.216 e. The first kappa shape index (κ1) is 9.58. The molecule has 15 heavy (non-hydrogen) atoms. The minimum atomic E-state index is -0.669. The molecular weight excluding hydrogens is 195 g/mol. The van der Waals surface area contributed by atoms with Gasteiger partial charge in [0.05, 0.1) is 5.56 Å². The van der Waals surface area contributed by atoms with Crippen LogP contribution in [0, 0.1) is 6.92 Å². The minimum absolute atomic E-state index is 0.0799. The Kier molecular flexibility index (Phi) is 1.92. The summed E-state index contributed by atoms with van der Waals surface area (Å²) in [4.78, 5) is 22.1. The fourth-order valence-corrected chi connectivity index (χ4v) is 1.53. The number of aromatic hydroxyl groups is 1. The Hall–Kier alpha value is -1.98. The number of rotatable bonds is 1. The Morgan fingerprint density at radius 2 is 2.27 bits per heavy atom. The average molecular weight is 202 g/mol. The van der Waals surface area contributed by atoms with Crippen LogP contribution in [0.15, 0.2) is 11.0 Å². The van der Waals surface area contributed by atoms with Crippen molar-refractivity contribution in [3.8, 4) is 5.75 Å². The van der Waals surface area contributed by atoms with Crippen LogP contribution in [-0.2, 0) is 0 Å². The van der Waals surface area contributed by atoms with Gasteiger partial charge in [0.25, 0.3) is 0 Å². The number of aromatic nitrogens is 2. The number of fused-ring (bicyclic) bond motifs is 1. The third-order valence-corrected chi connectivity index (χ3v) is 2.28. The number of carbonyl (C=O) groups is 1. The lowest BCUT2D eigenvalue weighted by Gasteiger charge is -1.99. The Labute approximate surface area is 85.7 Å². The van der Waals surface area contributed by atoms with Gasteiger partial charge in [-0.3, -0.25) is 19.2 Å². The molecule has 2 aromatic heterocycles. The number of nitrogens with zero attached hydrogens (tertiary/aromatic N) is 1. The van der Waals surface area contributed by atoms with E-state index < -0.39 is 11.2 Å². The van der Waals surface area contributed by atoms with Crippen molar-refractivity contribution < 1.29 is 9.90 Å². The van der Waals surface area contributed by atoms with Crippen LogP contribution in [0.3, 0.4) is 0 Å². The van der Waals surface area contributed by atoms with Crippen molar-refractivity contribution in [1.82, 2.24) is 9.61 Å². The zero-order valence-corrected chi connectivity index (χ0v) is 7.94. The van der Waals surface area contributed by atoms with Crippen LogP contribution in [0.2, 0.25) is 0 Å². The molecule has 74 valence electrons.